The lowest BCUT2D eigenvalue weighted by atomic mass is 9.80. The number of fused-ring (bicyclic) bond motifs is 11. The van der Waals surface area contributed by atoms with Crippen molar-refractivity contribution in [2.45, 2.75) is 19.3 Å². The van der Waals surface area contributed by atoms with Crippen LogP contribution in [0, 0.1) is 0 Å². The van der Waals surface area contributed by atoms with Gasteiger partial charge in [0.25, 0.3) is 0 Å². The van der Waals surface area contributed by atoms with Crippen LogP contribution in [0.5, 0.6) is 0 Å². The Morgan fingerprint density at radius 3 is 2.02 bits per heavy atom. The van der Waals surface area contributed by atoms with Crippen molar-refractivity contribution in [1.82, 2.24) is 14.5 Å². The van der Waals surface area contributed by atoms with Crippen molar-refractivity contribution >= 4 is 43.7 Å². The van der Waals surface area contributed by atoms with E-state index in [0.717, 1.165) is 55.7 Å². The van der Waals surface area contributed by atoms with Crippen LogP contribution in [0.2, 0.25) is 0 Å². The second-order valence-corrected chi connectivity index (χ2v) is 14.6. The molecule has 0 fully saturated rings. The quantitative estimate of drug-likeness (QED) is 0.186. The van der Waals surface area contributed by atoms with Gasteiger partial charge in [-0.3, -0.25) is 0 Å². The van der Waals surface area contributed by atoms with E-state index in [9.17, 15) is 0 Å². The van der Waals surface area contributed by atoms with E-state index in [-0.39, 0.29) is 5.41 Å². The van der Waals surface area contributed by atoms with Crippen LogP contribution in [0.25, 0.3) is 94.5 Å². The van der Waals surface area contributed by atoms with Crippen LogP contribution >= 0.6 is 0 Å². The summed E-state index contributed by atoms with van der Waals surface area (Å²) in [5.74, 6) is 0.708. The summed E-state index contributed by atoms with van der Waals surface area (Å²) in [6.07, 6.45) is 0. The monoisotopic (exact) mass is 679 g/mol. The Kier molecular flexibility index (Phi) is 6.27. The molecule has 0 aliphatic heterocycles. The van der Waals surface area contributed by atoms with E-state index in [4.69, 9.17) is 14.4 Å². The van der Waals surface area contributed by atoms with Gasteiger partial charge in [-0.25, -0.2) is 9.97 Å². The summed E-state index contributed by atoms with van der Waals surface area (Å²) in [5, 5.41) is 4.85. The van der Waals surface area contributed by atoms with Crippen molar-refractivity contribution in [3.63, 3.8) is 0 Å². The van der Waals surface area contributed by atoms with Crippen LogP contribution in [0.15, 0.2) is 168 Å². The number of rotatable bonds is 4. The van der Waals surface area contributed by atoms with Crippen LogP contribution < -0.4 is 0 Å². The van der Waals surface area contributed by atoms with E-state index in [1.807, 2.05) is 30.3 Å². The highest BCUT2D eigenvalue weighted by atomic mass is 16.3. The molecule has 3 aromatic heterocycles. The molecule has 4 heteroatoms. The van der Waals surface area contributed by atoms with E-state index >= 15 is 0 Å². The molecule has 11 rings (SSSR count). The van der Waals surface area contributed by atoms with E-state index in [1.165, 1.54) is 44.1 Å². The Morgan fingerprint density at radius 2 is 1.21 bits per heavy atom. The maximum absolute atomic E-state index is 6.63. The standard InChI is InChI=1S/C49H33N3O/c1-49(2)38-26-24-35-34-20-10-12-23-43(34)53-47(35)44(38)37-25-27-42-45(46(37)49)36-21-9-11-22-41(36)52(42)33-19-13-18-32(28-33)40-29-39(30-14-5-3-6-15-30)50-48(51-40)31-16-7-4-8-17-31/h3-29H,1-2H3. The molecule has 0 saturated heterocycles. The molecule has 0 amide bonds. The molecule has 1 aliphatic carbocycles. The van der Waals surface area contributed by atoms with Gasteiger partial charge in [0.1, 0.15) is 11.2 Å². The lowest BCUT2D eigenvalue weighted by Crippen LogP contribution is -2.15. The molecule has 3 heterocycles. The lowest BCUT2D eigenvalue weighted by molar-refractivity contribution is 0.657. The van der Waals surface area contributed by atoms with Gasteiger partial charge in [-0.2, -0.15) is 0 Å². The highest BCUT2D eigenvalue weighted by Gasteiger charge is 2.40. The summed E-state index contributed by atoms with van der Waals surface area (Å²) in [4.78, 5) is 10.2. The minimum atomic E-state index is -0.239. The predicted octanol–water partition coefficient (Wildman–Crippen LogP) is 12.8. The molecule has 0 atom stereocenters. The first-order valence-electron chi connectivity index (χ1n) is 18.2. The molecule has 0 spiro atoms. The van der Waals surface area contributed by atoms with Gasteiger partial charge in [0, 0.05) is 54.9 Å². The Morgan fingerprint density at radius 1 is 0.528 bits per heavy atom. The Labute approximate surface area is 306 Å². The van der Waals surface area contributed by atoms with Crippen molar-refractivity contribution in [2.24, 2.45) is 0 Å². The zero-order chi connectivity index (χ0) is 35.3. The van der Waals surface area contributed by atoms with Gasteiger partial charge in [0.2, 0.25) is 0 Å². The molecule has 7 aromatic carbocycles. The first kappa shape index (κ1) is 29.9. The summed E-state index contributed by atoms with van der Waals surface area (Å²) < 4.78 is 9.05. The maximum Gasteiger partial charge on any atom is 0.160 e. The summed E-state index contributed by atoms with van der Waals surface area (Å²) in [6.45, 7) is 4.73. The third-order valence-electron chi connectivity index (χ3n) is 11.2. The molecule has 4 nitrogen and oxygen atoms in total. The number of nitrogens with zero attached hydrogens (tertiary/aromatic N) is 3. The fourth-order valence-corrected chi connectivity index (χ4v) is 8.78. The minimum absolute atomic E-state index is 0.239. The van der Waals surface area contributed by atoms with Gasteiger partial charge in [0.15, 0.2) is 5.82 Å². The second-order valence-electron chi connectivity index (χ2n) is 14.6. The molecule has 10 aromatic rings. The van der Waals surface area contributed by atoms with Crippen molar-refractivity contribution in [3.8, 4) is 50.7 Å². The first-order chi connectivity index (χ1) is 26.0. The molecular weight excluding hydrogens is 647 g/mol. The number of hydrogen-bond acceptors (Lipinski definition) is 3. The van der Waals surface area contributed by atoms with E-state index < -0.39 is 0 Å². The van der Waals surface area contributed by atoms with Crippen LogP contribution in [-0.4, -0.2) is 14.5 Å². The predicted molar refractivity (Wildman–Crippen MR) is 218 cm³/mol. The van der Waals surface area contributed by atoms with Crippen LogP contribution in [0.3, 0.4) is 0 Å². The van der Waals surface area contributed by atoms with Crippen molar-refractivity contribution in [1.29, 1.82) is 0 Å². The van der Waals surface area contributed by atoms with Crippen LogP contribution in [0.1, 0.15) is 25.0 Å². The van der Waals surface area contributed by atoms with E-state index in [0.29, 0.717) is 5.82 Å². The highest BCUT2D eigenvalue weighted by molar-refractivity contribution is 6.18. The van der Waals surface area contributed by atoms with Gasteiger partial charge in [-0.1, -0.05) is 141 Å². The molecule has 0 radical (unpaired) electrons. The maximum atomic E-state index is 6.63. The fourth-order valence-electron chi connectivity index (χ4n) is 8.78. The molecular formula is C49H33N3O. The normalized spacial score (nSPS) is 13.2. The molecule has 53 heavy (non-hydrogen) atoms. The lowest BCUT2D eigenvalue weighted by Gasteiger charge is -2.22. The Bertz CT molecular complexity index is 3020. The summed E-state index contributed by atoms with van der Waals surface area (Å²) in [6, 6.07) is 57.8. The summed E-state index contributed by atoms with van der Waals surface area (Å²) >= 11 is 0. The van der Waals surface area contributed by atoms with Crippen molar-refractivity contribution in [3.05, 3.63) is 175 Å². The average molecular weight is 680 g/mol. The number of aromatic nitrogens is 3. The van der Waals surface area contributed by atoms with Gasteiger partial charge in [-0.15, -0.1) is 0 Å². The van der Waals surface area contributed by atoms with Crippen LogP contribution in [-0.2, 0) is 5.41 Å². The summed E-state index contributed by atoms with van der Waals surface area (Å²) in [7, 11) is 0. The Balaban J connectivity index is 1.13. The third kappa shape index (κ3) is 4.36. The molecule has 250 valence electrons. The molecule has 0 bridgehead atoms. The third-order valence-corrected chi connectivity index (χ3v) is 11.2. The highest BCUT2D eigenvalue weighted by Crippen LogP contribution is 2.56. The second kappa shape index (κ2) is 11.1. The average Bonchev–Trinajstić information content (AvgIpc) is 3.84. The zero-order valence-corrected chi connectivity index (χ0v) is 29.3. The largest absolute Gasteiger partial charge is 0.455 e. The molecule has 0 saturated carbocycles. The molecule has 1 aliphatic rings. The SMILES string of the molecule is CC1(C)c2ccc3c(oc4ccccc43)c2-c2ccc3c(c21)c1ccccc1n3-c1cccc(-c2cc(-c3ccccc3)nc(-c3ccccc3)n2)c1. The zero-order valence-electron chi connectivity index (χ0n) is 29.3. The van der Waals surface area contributed by atoms with E-state index in [1.54, 1.807) is 0 Å². The number of para-hydroxylation sites is 2. The Hall–Kier alpha value is -6.78. The van der Waals surface area contributed by atoms with Gasteiger partial charge < -0.3 is 8.98 Å². The minimum Gasteiger partial charge on any atom is -0.455 e. The molecule has 0 N–H and O–H groups in total. The van der Waals surface area contributed by atoms with Crippen molar-refractivity contribution < 1.29 is 4.42 Å². The fraction of sp³-hybridized carbons (Fsp3) is 0.0612. The van der Waals surface area contributed by atoms with Gasteiger partial charge in [0.05, 0.1) is 22.4 Å². The van der Waals surface area contributed by atoms with Crippen molar-refractivity contribution in [2.75, 3.05) is 0 Å². The number of hydrogen-bond donors (Lipinski definition) is 0. The topological polar surface area (TPSA) is 43.9 Å². The summed E-state index contributed by atoms with van der Waals surface area (Å²) in [5.41, 5.74) is 15.1. The van der Waals surface area contributed by atoms with Gasteiger partial charge >= 0.3 is 0 Å². The number of benzene rings is 7. The first-order valence-corrected chi connectivity index (χ1v) is 18.2. The van der Waals surface area contributed by atoms with Gasteiger partial charge in [-0.05, 0) is 53.1 Å². The molecule has 0 unspecified atom stereocenters. The van der Waals surface area contributed by atoms with Crippen LogP contribution in [0.4, 0.5) is 0 Å². The smallest absolute Gasteiger partial charge is 0.160 e. The van der Waals surface area contributed by atoms with E-state index in [2.05, 4.69) is 152 Å². The number of furan rings is 1.